The van der Waals surface area contributed by atoms with Crippen LogP contribution in [0.3, 0.4) is 0 Å². The first kappa shape index (κ1) is 27.9. The van der Waals surface area contributed by atoms with Crippen LogP contribution in [0.4, 0.5) is 0 Å². The third-order valence-corrected chi connectivity index (χ3v) is 9.86. The molecule has 0 amide bonds. The molecule has 0 aliphatic heterocycles. The van der Waals surface area contributed by atoms with Crippen molar-refractivity contribution < 1.29 is 8.83 Å². The molecule has 0 unspecified atom stereocenters. The summed E-state index contributed by atoms with van der Waals surface area (Å²) in [6.45, 7) is 0. The predicted molar refractivity (Wildman–Crippen MR) is 205 cm³/mol. The Morgan fingerprint density at radius 2 is 0.961 bits per heavy atom. The number of hydrogen-bond donors (Lipinski definition) is 0. The van der Waals surface area contributed by atoms with Crippen LogP contribution in [0.15, 0.2) is 167 Å². The monoisotopic (exact) mass is 654 g/mol. The van der Waals surface area contributed by atoms with Gasteiger partial charge in [-0.05, 0) is 48.5 Å². The molecule has 51 heavy (non-hydrogen) atoms. The Morgan fingerprint density at radius 1 is 0.392 bits per heavy atom. The summed E-state index contributed by atoms with van der Waals surface area (Å²) in [5.74, 6) is 1.75. The van der Waals surface area contributed by atoms with Crippen molar-refractivity contribution in [1.82, 2.24) is 19.5 Å². The highest BCUT2D eigenvalue weighted by molar-refractivity contribution is 6.23. The van der Waals surface area contributed by atoms with Gasteiger partial charge in [0.15, 0.2) is 17.5 Å². The molecule has 0 fully saturated rings. The number of aromatic nitrogens is 4. The van der Waals surface area contributed by atoms with Gasteiger partial charge < -0.3 is 13.4 Å². The van der Waals surface area contributed by atoms with Gasteiger partial charge in [-0.15, -0.1) is 0 Å². The molecule has 6 heteroatoms. The van der Waals surface area contributed by atoms with Crippen LogP contribution in [-0.4, -0.2) is 19.5 Å². The van der Waals surface area contributed by atoms with Gasteiger partial charge in [-0.25, -0.2) is 15.0 Å². The summed E-state index contributed by atoms with van der Waals surface area (Å²) in [5, 5.41) is 6.42. The molecule has 0 bridgehead atoms. The molecular weight excluding hydrogens is 629 g/mol. The summed E-state index contributed by atoms with van der Waals surface area (Å²) in [6, 6.07) is 53.9. The zero-order chi connectivity index (χ0) is 33.5. The molecule has 7 aromatic carbocycles. The third kappa shape index (κ3) is 4.20. The zero-order valence-electron chi connectivity index (χ0n) is 27.1. The lowest BCUT2D eigenvalue weighted by Crippen LogP contribution is -2.00. The first-order valence-electron chi connectivity index (χ1n) is 16.9. The van der Waals surface area contributed by atoms with Gasteiger partial charge in [-0.3, -0.25) is 0 Å². The lowest BCUT2D eigenvalue weighted by molar-refractivity contribution is 0.663. The van der Waals surface area contributed by atoms with Crippen molar-refractivity contribution in [3.8, 4) is 39.9 Å². The first-order valence-corrected chi connectivity index (χ1v) is 16.9. The van der Waals surface area contributed by atoms with Gasteiger partial charge in [0.1, 0.15) is 22.3 Å². The SMILES string of the molecule is c1ccc(-c2nc(-c3ccccc3)nc(-c3cccc4c3oc3ccc5c6cc(-n7c8ccccc8c8ccccc87)ccc6oc5c34)n2)cc1. The van der Waals surface area contributed by atoms with Gasteiger partial charge in [0.05, 0.1) is 22.0 Å². The molecule has 11 rings (SSSR count). The number of para-hydroxylation sites is 3. The quantitative estimate of drug-likeness (QED) is 0.189. The Balaban J connectivity index is 1.12. The summed E-state index contributed by atoms with van der Waals surface area (Å²) >= 11 is 0. The minimum absolute atomic E-state index is 0.545. The van der Waals surface area contributed by atoms with E-state index in [2.05, 4.69) is 83.4 Å². The number of hydrogen-bond acceptors (Lipinski definition) is 5. The van der Waals surface area contributed by atoms with E-state index in [4.69, 9.17) is 23.8 Å². The number of fused-ring (bicyclic) bond motifs is 10. The fourth-order valence-corrected chi connectivity index (χ4v) is 7.55. The summed E-state index contributed by atoms with van der Waals surface area (Å²) in [4.78, 5) is 14.8. The Bertz CT molecular complexity index is 3030. The molecule has 4 aromatic heterocycles. The molecule has 4 heterocycles. The van der Waals surface area contributed by atoms with E-state index in [0.717, 1.165) is 60.7 Å². The maximum absolute atomic E-state index is 6.67. The molecule has 6 nitrogen and oxygen atoms in total. The van der Waals surface area contributed by atoms with Crippen LogP contribution >= 0.6 is 0 Å². The largest absolute Gasteiger partial charge is 0.455 e. The second-order valence-corrected chi connectivity index (χ2v) is 12.8. The van der Waals surface area contributed by atoms with E-state index in [0.29, 0.717) is 23.1 Å². The third-order valence-electron chi connectivity index (χ3n) is 9.86. The Kier molecular flexibility index (Phi) is 5.86. The molecule has 0 N–H and O–H groups in total. The van der Waals surface area contributed by atoms with Gasteiger partial charge >= 0.3 is 0 Å². The van der Waals surface area contributed by atoms with E-state index in [9.17, 15) is 0 Å². The van der Waals surface area contributed by atoms with Gasteiger partial charge in [-0.2, -0.15) is 0 Å². The van der Waals surface area contributed by atoms with Crippen molar-refractivity contribution >= 4 is 65.7 Å². The van der Waals surface area contributed by atoms with E-state index in [1.807, 2.05) is 78.9 Å². The van der Waals surface area contributed by atoms with E-state index in [1.54, 1.807) is 0 Å². The summed E-state index contributed by atoms with van der Waals surface area (Å²) in [7, 11) is 0. The first-order chi connectivity index (χ1) is 25.3. The highest BCUT2D eigenvalue weighted by Gasteiger charge is 2.21. The summed E-state index contributed by atoms with van der Waals surface area (Å²) < 4.78 is 15.7. The van der Waals surface area contributed by atoms with Gasteiger partial charge in [-0.1, -0.05) is 109 Å². The molecular formula is C45H26N4O2. The van der Waals surface area contributed by atoms with Crippen molar-refractivity contribution in [2.45, 2.75) is 0 Å². The van der Waals surface area contributed by atoms with Crippen LogP contribution in [-0.2, 0) is 0 Å². The molecule has 11 aromatic rings. The van der Waals surface area contributed by atoms with Crippen molar-refractivity contribution in [3.05, 3.63) is 158 Å². The highest BCUT2D eigenvalue weighted by Crippen LogP contribution is 2.43. The van der Waals surface area contributed by atoms with Gasteiger partial charge in [0.25, 0.3) is 0 Å². The van der Waals surface area contributed by atoms with Crippen LogP contribution in [0.25, 0.3) is 106 Å². The molecule has 0 spiro atoms. The molecule has 0 saturated carbocycles. The molecule has 0 atom stereocenters. The second-order valence-electron chi connectivity index (χ2n) is 12.8. The molecule has 0 radical (unpaired) electrons. The Morgan fingerprint density at radius 3 is 1.65 bits per heavy atom. The summed E-state index contributed by atoms with van der Waals surface area (Å²) in [6.07, 6.45) is 0. The van der Waals surface area contributed by atoms with Crippen molar-refractivity contribution in [2.24, 2.45) is 0 Å². The molecule has 238 valence electrons. The van der Waals surface area contributed by atoms with E-state index in [1.165, 1.54) is 21.8 Å². The summed E-state index contributed by atoms with van der Waals surface area (Å²) in [5.41, 5.74) is 9.12. The number of benzene rings is 7. The standard InChI is InChI=1S/C45H26N4O2/c1-3-12-27(13-4-1)43-46-44(28-14-5-2-6-15-28)48-45(47-43)34-19-11-18-33-40-39(51-41(33)34)25-23-32-35-26-29(22-24-38(35)50-42(32)40)49-36-20-9-7-16-30(36)31-17-8-10-21-37(31)49/h1-26H. The maximum atomic E-state index is 6.67. The normalized spacial score (nSPS) is 11.9. The topological polar surface area (TPSA) is 69.9 Å². The van der Waals surface area contributed by atoms with E-state index in [-0.39, 0.29) is 0 Å². The minimum atomic E-state index is 0.545. The predicted octanol–water partition coefficient (Wildman–Crippen LogP) is 11.8. The Labute approximate surface area is 290 Å². The lowest BCUT2D eigenvalue weighted by Gasteiger charge is -2.08. The molecule has 0 aliphatic carbocycles. The van der Waals surface area contributed by atoms with Gasteiger partial charge in [0, 0.05) is 43.7 Å². The van der Waals surface area contributed by atoms with Crippen molar-refractivity contribution in [3.63, 3.8) is 0 Å². The zero-order valence-corrected chi connectivity index (χ0v) is 27.1. The fourth-order valence-electron chi connectivity index (χ4n) is 7.55. The number of rotatable bonds is 4. The van der Waals surface area contributed by atoms with Crippen molar-refractivity contribution in [2.75, 3.05) is 0 Å². The van der Waals surface area contributed by atoms with Crippen molar-refractivity contribution in [1.29, 1.82) is 0 Å². The minimum Gasteiger partial charge on any atom is -0.455 e. The molecule has 0 aliphatic rings. The fraction of sp³-hybridized carbons (Fsp3) is 0. The maximum Gasteiger partial charge on any atom is 0.167 e. The van der Waals surface area contributed by atoms with Crippen LogP contribution in [0, 0.1) is 0 Å². The van der Waals surface area contributed by atoms with Crippen LogP contribution < -0.4 is 0 Å². The second kappa shape index (κ2) is 10.7. The Hall–Kier alpha value is -7.05. The highest BCUT2D eigenvalue weighted by atomic mass is 16.3. The lowest BCUT2D eigenvalue weighted by atomic mass is 10.1. The number of nitrogens with zero attached hydrogens (tertiary/aromatic N) is 4. The van der Waals surface area contributed by atoms with Crippen LogP contribution in [0.5, 0.6) is 0 Å². The average molecular weight is 655 g/mol. The van der Waals surface area contributed by atoms with Crippen LogP contribution in [0.2, 0.25) is 0 Å². The average Bonchev–Trinajstić information content (AvgIpc) is 3.87. The van der Waals surface area contributed by atoms with Gasteiger partial charge in [0.2, 0.25) is 0 Å². The van der Waals surface area contributed by atoms with Crippen LogP contribution in [0.1, 0.15) is 0 Å². The number of furan rings is 2. The smallest absolute Gasteiger partial charge is 0.167 e. The van der Waals surface area contributed by atoms with E-state index < -0.39 is 0 Å². The molecule has 0 saturated heterocycles. The van der Waals surface area contributed by atoms with E-state index >= 15 is 0 Å².